The second kappa shape index (κ2) is 8.48. The molecule has 134 valence electrons. The van der Waals surface area contributed by atoms with Gasteiger partial charge in [0, 0.05) is 31.5 Å². The van der Waals surface area contributed by atoms with E-state index in [1.165, 1.54) is 7.11 Å². The summed E-state index contributed by atoms with van der Waals surface area (Å²) in [6.07, 6.45) is 2.35. The predicted molar refractivity (Wildman–Crippen MR) is 93.9 cm³/mol. The van der Waals surface area contributed by atoms with Gasteiger partial charge in [-0.2, -0.15) is 0 Å². The Morgan fingerprint density at radius 3 is 2.56 bits per heavy atom. The first-order valence-corrected chi connectivity index (χ1v) is 8.00. The Bertz CT molecular complexity index is 720. The summed E-state index contributed by atoms with van der Waals surface area (Å²) in [6.45, 7) is 2.76. The number of amides is 1. The van der Waals surface area contributed by atoms with Crippen LogP contribution in [0.15, 0.2) is 41.1 Å². The molecule has 0 saturated heterocycles. The Kier molecular flexibility index (Phi) is 6.36. The summed E-state index contributed by atoms with van der Waals surface area (Å²) in [7, 11) is 4.48. The van der Waals surface area contributed by atoms with Gasteiger partial charge < -0.3 is 19.1 Å². The van der Waals surface area contributed by atoms with Gasteiger partial charge in [0.1, 0.15) is 5.75 Å². The molecule has 6 nitrogen and oxygen atoms in total. The fraction of sp³-hybridized carbons (Fsp3) is 0.368. The van der Waals surface area contributed by atoms with Gasteiger partial charge in [-0.15, -0.1) is 0 Å². The van der Waals surface area contributed by atoms with Gasteiger partial charge in [0.25, 0.3) is 5.91 Å². The van der Waals surface area contributed by atoms with Crippen LogP contribution >= 0.6 is 0 Å². The van der Waals surface area contributed by atoms with Crippen molar-refractivity contribution in [1.29, 1.82) is 0 Å². The number of rotatable bonds is 7. The predicted octanol–water partition coefficient (Wildman–Crippen LogP) is 2.40. The fourth-order valence-electron chi connectivity index (χ4n) is 2.81. The van der Waals surface area contributed by atoms with Gasteiger partial charge in [-0.05, 0) is 25.5 Å². The Morgan fingerprint density at radius 1 is 1.20 bits per heavy atom. The molecule has 1 aromatic rings. The number of nitrogens with zero attached hydrogens (tertiary/aromatic N) is 1. The van der Waals surface area contributed by atoms with Crippen LogP contribution < -0.4 is 4.74 Å². The van der Waals surface area contributed by atoms with Gasteiger partial charge in [-0.3, -0.25) is 4.79 Å². The van der Waals surface area contributed by atoms with Gasteiger partial charge >= 0.3 is 5.97 Å². The second-order valence-electron chi connectivity index (χ2n) is 5.56. The molecule has 0 radical (unpaired) electrons. The molecule has 1 amide bonds. The third kappa shape index (κ3) is 3.91. The molecule has 0 bridgehead atoms. The van der Waals surface area contributed by atoms with E-state index in [1.807, 2.05) is 18.2 Å². The first kappa shape index (κ1) is 18.7. The average molecular weight is 345 g/mol. The lowest BCUT2D eigenvalue weighted by atomic mass is 10.0. The molecule has 1 aliphatic heterocycles. The topological polar surface area (TPSA) is 65.1 Å². The minimum absolute atomic E-state index is 0.222. The van der Waals surface area contributed by atoms with Crippen molar-refractivity contribution in [2.45, 2.75) is 13.3 Å². The van der Waals surface area contributed by atoms with Crippen LogP contribution in [0.2, 0.25) is 0 Å². The van der Waals surface area contributed by atoms with Crippen LogP contribution in [0.25, 0.3) is 6.08 Å². The van der Waals surface area contributed by atoms with Gasteiger partial charge in [-0.25, -0.2) is 4.79 Å². The summed E-state index contributed by atoms with van der Waals surface area (Å²) in [5.74, 6) is -0.122. The molecule has 6 heteroatoms. The molecule has 0 saturated carbocycles. The first-order chi connectivity index (χ1) is 12.0. The third-order valence-corrected chi connectivity index (χ3v) is 4.07. The van der Waals surface area contributed by atoms with Gasteiger partial charge in [0.05, 0.1) is 25.4 Å². The van der Waals surface area contributed by atoms with Crippen molar-refractivity contribution in [3.63, 3.8) is 0 Å². The van der Waals surface area contributed by atoms with Crippen LogP contribution in [0.4, 0.5) is 0 Å². The number of hydrogen-bond donors (Lipinski definition) is 0. The molecular formula is C19H23NO5. The van der Waals surface area contributed by atoms with E-state index in [4.69, 9.17) is 14.2 Å². The van der Waals surface area contributed by atoms with Crippen molar-refractivity contribution in [2.24, 2.45) is 0 Å². The summed E-state index contributed by atoms with van der Waals surface area (Å²) >= 11 is 0. The number of methoxy groups -OCH3 is 3. The maximum absolute atomic E-state index is 12.9. The lowest BCUT2D eigenvalue weighted by molar-refractivity contribution is -0.136. The van der Waals surface area contributed by atoms with Gasteiger partial charge in [0.15, 0.2) is 0 Å². The number of allylic oxidation sites excluding steroid dienone is 1. The van der Waals surface area contributed by atoms with Crippen LogP contribution in [0.3, 0.4) is 0 Å². The van der Waals surface area contributed by atoms with E-state index in [0.29, 0.717) is 36.6 Å². The van der Waals surface area contributed by atoms with E-state index < -0.39 is 5.97 Å². The summed E-state index contributed by atoms with van der Waals surface area (Å²) in [6, 6.07) is 7.32. The van der Waals surface area contributed by atoms with E-state index >= 15 is 0 Å². The van der Waals surface area contributed by atoms with Gasteiger partial charge in [0.2, 0.25) is 0 Å². The molecule has 1 aliphatic rings. The largest absolute Gasteiger partial charge is 0.496 e. The number of ether oxygens (including phenoxy) is 3. The third-order valence-electron chi connectivity index (χ3n) is 4.07. The van der Waals surface area contributed by atoms with E-state index in [1.54, 1.807) is 38.2 Å². The highest BCUT2D eigenvalue weighted by Gasteiger charge is 2.36. The molecule has 0 fully saturated rings. The van der Waals surface area contributed by atoms with Crippen LogP contribution in [-0.4, -0.2) is 51.3 Å². The van der Waals surface area contributed by atoms with Crippen LogP contribution in [0.5, 0.6) is 5.75 Å². The van der Waals surface area contributed by atoms with Crippen molar-refractivity contribution < 1.29 is 23.8 Å². The quantitative estimate of drug-likeness (QED) is 0.431. The summed E-state index contributed by atoms with van der Waals surface area (Å²) in [5.41, 5.74) is 1.91. The highest BCUT2D eigenvalue weighted by Crippen LogP contribution is 2.33. The van der Waals surface area contributed by atoms with Crippen molar-refractivity contribution in [2.75, 3.05) is 34.5 Å². The fourth-order valence-corrected chi connectivity index (χ4v) is 2.81. The van der Waals surface area contributed by atoms with Crippen LogP contribution in [0.1, 0.15) is 18.9 Å². The van der Waals surface area contributed by atoms with E-state index in [2.05, 4.69) is 0 Å². The molecule has 0 atom stereocenters. The number of esters is 1. The van der Waals surface area contributed by atoms with Crippen LogP contribution in [-0.2, 0) is 19.1 Å². The molecule has 0 spiro atoms. The molecule has 2 rings (SSSR count). The Hall–Kier alpha value is -2.60. The molecule has 1 aromatic carbocycles. The van der Waals surface area contributed by atoms with Crippen molar-refractivity contribution in [1.82, 2.24) is 4.90 Å². The van der Waals surface area contributed by atoms with Gasteiger partial charge in [-0.1, -0.05) is 18.2 Å². The minimum Gasteiger partial charge on any atom is -0.496 e. The number of hydrogen-bond acceptors (Lipinski definition) is 5. The summed E-state index contributed by atoms with van der Waals surface area (Å²) < 4.78 is 15.3. The van der Waals surface area contributed by atoms with Crippen LogP contribution in [0, 0.1) is 0 Å². The Balaban J connectivity index is 2.46. The minimum atomic E-state index is -0.527. The Morgan fingerprint density at radius 2 is 1.92 bits per heavy atom. The normalized spacial score (nSPS) is 15.9. The number of carbonyl (C=O) groups is 2. The summed E-state index contributed by atoms with van der Waals surface area (Å²) in [5, 5.41) is 0. The lowest BCUT2D eigenvalue weighted by Gasteiger charge is -2.17. The van der Waals surface area contributed by atoms with Crippen molar-refractivity contribution in [3.05, 3.63) is 46.7 Å². The zero-order valence-electron chi connectivity index (χ0n) is 15.0. The highest BCUT2D eigenvalue weighted by atomic mass is 16.5. The second-order valence-corrected chi connectivity index (χ2v) is 5.56. The van der Waals surface area contributed by atoms with E-state index in [9.17, 15) is 9.59 Å². The maximum Gasteiger partial charge on any atom is 0.340 e. The standard InChI is InChI=1S/C19H23NO5/c1-13-17(19(22)25-4)15(18(21)20(13)10-7-11-23-2)12-14-8-5-6-9-16(14)24-3/h5-6,8-9,12H,7,10-11H2,1-4H3/b15-12-. The lowest BCUT2D eigenvalue weighted by Crippen LogP contribution is -2.26. The Labute approximate surface area is 147 Å². The van der Waals surface area contributed by atoms with Crippen molar-refractivity contribution in [3.8, 4) is 5.75 Å². The molecule has 0 N–H and O–H groups in total. The molecule has 25 heavy (non-hydrogen) atoms. The number of benzene rings is 1. The zero-order chi connectivity index (χ0) is 18.4. The highest BCUT2D eigenvalue weighted by molar-refractivity contribution is 6.16. The number of para-hydroxylation sites is 1. The van der Waals surface area contributed by atoms with E-state index in [0.717, 1.165) is 5.56 Å². The molecule has 0 aromatic heterocycles. The average Bonchev–Trinajstić information content (AvgIpc) is 2.86. The van der Waals surface area contributed by atoms with Crippen molar-refractivity contribution >= 4 is 18.0 Å². The van der Waals surface area contributed by atoms with E-state index in [-0.39, 0.29) is 11.5 Å². The molecule has 0 aliphatic carbocycles. The summed E-state index contributed by atoms with van der Waals surface area (Å²) in [4.78, 5) is 26.7. The molecule has 1 heterocycles. The maximum atomic E-state index is 12.9. The smallest absolute Gasteiger partial charge is 0.340 e. The zero-order valence-corrected chi connectivity index (χ0v) is 15.0. The monoisotopic (exact) mass is 345 g/mol. The molecule has 0 unspecified atom stereocenters. The SMILES string of the molecule is COCCCN1C(=O)/C(=C\c2ccccc2OC)C(C(=O)OC)=C1C. The molecular weight excluding hydrogens is 322 g/mol. The number of carbonyl (C=O) groups excluding carboxylic acids is 2. The first-order valence-electron chi connectivity index (χ1n) is 8.00.